The highest BCUT2D eigenvalue weighted by Crippen LogP contribution is 2.21. The minimum absolute atomic E-state index is 0.0677. The number of likely N-dealkylation sites (tertiary alicyclic amines) is 1. The Bertz CT molecular complexity index is 1030. The second kappa shape index (κ2) is 11.5. The summed E-state index contributed by atoms with van der Waals surface area (Å²) in [5.74, 6) is -0.783. The molecule has 1 amide bonds. The van der Waals surface area contributed by atoms with E-state index in [-0.39, 0.29) is 59.7 Å². The molecule has 1 atom stereocenters. The molecule has 1 aromatic carbocycles. The predicted molar refractivity (Wildman–Crippen MR) is 123 cm³/mol. The van der Waals surface area contributed by atoms with Crippen molar-refractivity contribution in [2.45, 2.75) is 49.8 Å². The van der Waals surface area contributed by atoms with Crippen LogP contribution in [0.25, 0.3) is 0 Å². The summed E-state index contributed by atoms with van der Waals surface area (Å²) in [7, 11) is -3.59. The highest BCUT2D eigenvalue weighted by atomic mass is 32.2. The third-order valence-corrected chi connectivity index (χ3v) is 7.48. The van der Waals surface area contributed by atoms with Gasteiger partial charge < -0.3 is 14.1 Å². The van der Waals surface area contributed by atoms with Crippen LogP contribution >= 0.6 is 0 Å². The summed E-state index contributed by atoms with van der Waals surface area (Å²) in [5.41, 5.74) is 0. The van der Waals surface area contributed by atoms with Crippen molar-refractivity contribution in [2.75, 3.05) is 32.8 Å². The summed E-state index contributed by atoms with van der Waals surface area (Å²) < 4.78 is 36.0. The molecule has 2 aromatic rings. The van der Waals surface area contributed by atoms with Gasteiger partial charge in [0.25, 0.3) is 5.91 Å². The molecule has 1 aliphatic rings. The highest BCUT2D eigenvalue weighted by Gasteiger charge is 2.29. The number of benzene rings is 1. The van der Waals surface area contributed by atoms with Crippen molar-refractivity contribution in [1.29, 1.82) is 0 Å². The van der Waals surface area contributed by atoms with Crippen LogP contribution in [0.2, 0.25) is 0 Å². The van der Waals surface area contributed by atoms with Gasteiger partial charge in [-0.2, -0.15) is 0 Å². The van der Waals surface area contributed by atoms with Crippen LogP contribution in [0, 0.1) is 0 Å². The highest BCUT2D eigenvalue weighted by molar-refractivity contribution is 7.90. The number of carbonyl (C=O) groups excluding carboxylic acids is 2. The third kappa shape index (κ3) is 6.68. The first kappa shape index (κ1) is 25.0. The number of esters is 1. The lowest BCUT2D eigenvalue weighted by Gasteiger charge is -2.29. The number of amides is 1. The van der Waals surface area contributed by atoms with Crippen molar-refractivity contribution in [3.05, 3.63) is 54.0 Å². The molecule has 1 aromatic heterocycles. The maximum absolute atomic E-state index is 13.3. The molecule has 0 radical (unpaired) electrons. The molecule has 0 saturated carbocycles. The molecule has 0 aliphatic carbocycles. The zero-order valence-corrected chi connectivity index (χ0v) is 20.1. The van der Waals surface area contributed by atoms with E-state index in [1.54, 1.807) is 30.0 Å². The molecule has 1 saturated heterocycles. The quantitative estimate of drug-likeness (QED) is 0.460. The van der Waals surface area contributed by atoms with E-state index in [2.05, 4.69) is 11.8 Å². The fourth-order valence-corrected chi connectivity index (χ4v) is 5.40. The Balaban J connectivity index is 1.73. The molecule has 0 spiro atoms. The Kier molecular flexibility index (Phi) is 8.68. The molecular weight excluding hydrogens is 444 g/mol. The number of furan rings is 1. The summed E-state index contributed by atoms with van der Waals surface area (Å²) in [5, 5.41) is 0. The van der Waals surface area contributed by atoms with E-state index in [1.807, 2.05) is 0 Å². The molecule has 0 bridgehead atoms. The standard InChI is InChI=1S/C24H32N2O6S/c1-3-25-15-8-9-19(25)17-26(16-14-23(27)31-4-2)24(28)22-13-12-20(32-22)18-33(29,30)21-10-6-5-7-11-21/h5-7,10-13,19H,3-4,8-9,14-18H2,1-2H3. The number of ether oxygens (including phenoxy) is 1. The van der Waals surface area contributed by atoms with Crippen molar-refractivity contribution in [2.24, 2.45) is 0 Å². The normalized spacial score (nSPS) is 16.6. The van der Waals surface area contributed by atoms with Crippen LogP contribution in [0.4, 0.5) is 0 Å². The van der Waals surface area contributed by atoms with Crippen molar-refractivity contribution >= 4 is 21.7 Å². The number of sulfone groups is 1. The van der Waals surface area contributed by atoms with Crippen molar-refractivity contribution in [3.8, 4) is 0 Å². The SMILES string of the molecule is CCOC(=O)CCN(CC1CCCN1CC)C(=O)c1ccc(CS(=O)(=O)c2ccccc2)o1. The van der Waals surface area contributed by atoms with Gasteiger partial charge in [-0.3, -0.25) is 14.5 Å². The van der Waals surface area contributed by atoms with Gasteiger partial charge in [-0.25, -0.2) is 8.42 Å². The van der Waals surface area contributed by atoms with Crippen LogP contribution in [0.1, 0.15) is 49.4 Å². The maximum atomic E-state index is 13.3. The van der Waals surface area contributed by atoms with Gasteiger partial charge >= 0.3 is 5.97 Å². The minimum Gasteiger partial charge on any atom is -0.466 e. The molecule has 1 fully saturated rings. The van der Waals surface area contributed by atoms with Crippen LogP contribution < -0.4 is 0 Å². The fraction of sp³-hybridized carbons (Fsp3) is 0.500. The van der Waals surface area contributed by atoms with Gasteiger partial charge in [0.15, 0.2) is 15.6 Å². The zero-order valence-electron chi connectivity index (χ0n) is 19.2. The molecule has 2 heterocycles. The van der Waals surface area contributed by atoms with E-state index in [0.717, 1.165) is 25.9 Å². The Morgan fingerprint density at radius 1 is 1.15 bits per heavy atom. The Labute approximate surface area is 195 Å². The third-order valence-electron chi connectivity index (χ3n) is 5.82. The molecule has 33 heavy (non-hydrogen) atoms. The zero-order chi connectivity index (χ0) is 23.8. The van der Waals surface area contributed by atoms with Crippen LogP contribution in [-0.2, 0) is 25.1 Å². The van der Waals surface area contributed by atoms with Crippen LogP contribution in [0.3, 0.4) is 0 Å². The molecule has 8 nitrogen and oxygen atoms in total. The minimum atomic E-state index is -3.59. The van der Waals surface area contributed by atoms with Gasteiger partial charge in [-0.05, 0) is 57.1 Å². The van der Waals surface area contributed by atoms with Crippen LogP contribution in [-0.4, -0.2) is 68.9 Å². The van der Waals surface area contributed by atoms with Gasteiger partial charge in [-0.1, -0.05) is 25.1 Å². The van der Waals surface area contributed by atoms with Crippen molar-refractivity contribution < 1.29 is 27.2 Å². The molecule has 1 unspecified atom stereocenters. The van der Waals surface area contributed by atoms with Gasteiger partial charge in [0.05, 0.1) is 17.9 Å². The number of carbonyl (C=O) groups is 2. The smallest absolute Gasteiger partial charge is 0.307 e. The molecule has 9 heteroatoms. The van der Waals surface area contributed by atoms with Gasteiger partial charge in [0.2, 0.25) is 0 Å². The Morgan fingerprint density at radius 3 is 2.61 bits per heavy atom. The largest absolute Gasteiger partial charge is 0.466 e. The monoisotopic (exact) mass is 476 g/mol. The average Bonchev–Trinajstić information content (AvgIpc) is 3.45. The lowest BCUT2D eigenvalue weighted by Crippen LogP contribution is -2.43. The average molecular weight is 477 g/mol. The first-order valence-corrected chi connectivity index (χ1v) is 13.0. The van der Waals surface area contributed by atoms with E-state index < -0.39 is 9.84 Å². The second-order valence-electron chi connectivity index (χ2n) is 8.07. The van der Waals surface area contributed by atoms with Gasteiger partial charge in [-0.15, -0.1) is 0 Å². The number of hydrogen-bond acceptors (Lipinski definition) is 7. The van der Waals surface area contributed by atoms with Crippen LogP contribution in [0.15, 0.2) is 51.8 Å². The van der Waals surface area contributed by atoms with Gasteiger partial charge in [0, 0.05) is 19.1 Å². The second-order valence-corrected chi connectivity index (χ2v) is 10.1. The van der Waals surface area contributed by atoms with E-state index in [0.29, 0.717) is 6.54 Å². The molecule has 180 valence electrons. The molecule has 0 N–H and O–H groups in total. The Morgan fingerprint density at radius 2 is 1.91 bits per heavy atom. The maximum Gasteiger partial charge on any atom is 0.307 e. The summed E-state index contributed by atoms with van der Waals surface area (Å²) in [6, 6.07) is 11.4. The lowest BCUT2D eigenvalue weighted by molar-refractivity contribution is -0.143. The first-order valence-electron chi connectivity index (χ1n) is 11.4. The fourth-order valence-electron chi connectivity index (χ4n) is 4.13. The van der Waals surface area contributed by atoms with Gasteiger partial charge in [0.1, 0.15) is 11.5 Å². The Hall–Kier alpha value is -2.65. The predicted octanol–water partition coefficient (Wildman–Crippen LogP) is 3.13. The number of rotatable bonds is 11. The number of likely N-dealkylation sites (N-methyl/N-ethyl adjacent to an activating group) is 1. The topological polar surface area (TPSA) is 97.1 Å². The lowest BCUT2D eigenvalue weighted by atomic mass is 10.2. The molecule has 1 aliphatic heterocycles. The van der Waals surface area contributed by atoms with E-state index in [4.69, 9.17) is 9.15 Å². The van der Waals surface area contributed by atoms with Crippen LogP contribution in [0.5, 0.6) is 0 Å². The van der Waals surface area contributed by atoms with Crippen molar-refractivity contribution in [1.82, 2.24) is 9.80 Å². The van der Waals surface area contributed by atoms with E-state index in [1.165, 1.54) is 24.3 Å². The summed E-state index contributed by atoms with van der Waals surface area (Å²) >= 11 is 0. The summed E-state index contributed by atoms with van der Waals surface area (Å²) in [6.07, 6.45) is 2.14. The molecule has 3 rings (SSSR count). The van der Waals surface area contributed by atoms with E-state index >= 15 is 0 Å². The van der Waals surface area contributed by atoms with Crippen molar-refractivity contribution in [3.63, 3.8) is 0 Å². The van der Waals surface area contributed by atoms with E-state index in [9.17, 15) is 18.0 Å². The number of hydrogen-bond donors (Lipinski definition) is 0. The number of nitrogens with zero attached hydrogens (tertiary/aromatic N) is 2. The summed E-state index contributed by atoms with van der Waals surface area (Å²) in [4.78, 5) is 29.3. The summed E-state index contributed by atoms with van der Waals surface area (Å²) in [6.45, 7) is 6.70. The molecular formula is C24H32N2O6S. The first-order chi connectivity index (χ1) is 15.8.